The molecule has 1 atom stereocenters. The molecule has 2 fully saturated rings. The minimum atomic E-state index is -0.404. The van der Waals surface area contributed by atoms with Gasteiger partial charge in [0.25, 0.3) is 5.91 Å². The van der Waals surface area contributed by atoms with E-state index in [0.29, 0.717) is 18.7 Å². The second-order valence-corrected chi connectivity index (χ2v) is 8.08. The fourth-order valence-electron chi connectivity index (χ4n) is 4.05. The quantitative estimate of drug-likeness (QED) is 0.797. The van der Waals surface area contributed by atoms with Gasteiger partial charge in [0.15, 0.2) is 11.5 Å². The number of carbonyl (C=O) groups excluding carboxylic acids is 2. The van der Waals surface area contributed by atoms with Crippen molar-refractivity contribution in [2.24, 2.45) is 0 Å². The second kappa shape index (κ2) is 8.37. The van der Waals surface area contributed by atoms with Crippen LogP contribution in [0.5, 0.6) is 0 Å². The second-order valence-electron chi connectivity index (χ2n) is 8.08. The first-order chi connectivity index (χ1) is 14.0. The zero-order valence-corrected chi connectivity index (χ0v) is 17.1. The van der Waals surface area contributed by atoms with Crippen LogP contribution in [0.4, 0.5) is 0 Å². The number of piperidine rings is 1. The van der Waals surface area contributed by atoms with Crippen LogP contribution >= 0.6 is 0 Å². The zero-order valence-electron chi connectivity index (χ0n) is 17.1. The number of aryl methyl sites for hydroxylation is 1. The molecule has 0 unspecified atom stereocenters. The number of rotatable bonds is 3. The van der Waals surface area contributed by atoms with Crippen molar-refractivity contribution in [1.82, 2.24) is 19.9 Å². The number of piperazine rings is 1. The van der Waals surface area contributed by atoms with Crippen LogP contribution in [-0.4, -0.2) is 77.5 Å². The number of likely N-dealkylation sites (tertiary alicyclic amines) is 1. The molecule has 2 aromatic rings. The molecule has 1 aromatic carbocycles. The number of likely N-dealkylation sites (N-methyl/N-ethyl adjacent to an activating group) is 1. The Balaban J connectivity index is 1.50. The van der Waals surface area contributed by atoms with E-state index < -0.39 is 6.04 Å². The molecule has 3 heterocycles. The third-order valence-electron chi connectivity index (χ3n) is 5.93. The highest BCUT2D eigenvalue weighted by atomic mass is 16.5. The van der Waals surface area contributed by atoms with Gasteiger partial charge in [0.2, 0.25) is 5.91 Å². The molecule has 0 spiro atoms. The first-order valence-corrected chi connectivity index (χ1v) is 10.3. The van der Waals surface area contributed by atoms with Crippen LogP contribution in [-0.2, 0) is 4.79 Å². The molecular weight excluding hydrogens is 368 g/mol. The van der Waals surface area contributed by atoms with E-state index in [2.05, 4.69) is 17.1 Å². The Bertz CT molecular complexity index is 868. The van der Waals surface area contributed by atoms with E-state index in [1.54, 1.807) is 11.0 Å². The lowest BCUT2D eigenvalue weighted by atomic mass is 9.99. The number of amides is 2. The highest BCUT2D eigenvalue weighted by molar-refractivity contribution is 5.97. The highest BCUT2D eigenvalue weighted by Crippen LogP contribution is 2.25. The van der Waals surface area contributed by atoms with Crippen LogP contribution in [0.2, 0.25) is 0 Å². The number of carbonyl (C=O) groups is 2. The molecule has 29 heavy (non-hydrogen) atoms. The lowest BCUT2D eigenvalue weighted by Crippen LogP contribution is -2.56. The molecule has 7 heteroatoms. The van der Waals surface area contributed by atoms with Crippen molar-refractivity contribution >= 4 is 11.8 Å². The van der Waals surface area contributed by atoms with E-state index in [4.69, 9.17) is 4.52 Å². The van der Waals surface area contributed by atoms with Crippen molar-refractivity contribution in [3.63, 3.8) is 0 Å². The molecule has 2 aliphatic heterocycles. The molecule has 0 N–H and O–H groups in total. The third-order valence-corrected chi connectivity index (χ3v) is 5.93. The number of hydrogen-bond acceptors (Lipinski definition) is 5. The van der Waals surface area contributed by atoms with E-state index in [0.717, 1.165) is 50.1 Å². The predicted octanol–water partition coefficient (Wildman–Crippen LogP) is 2.42. The maximum absolute atomic E-state index is 13.2. The zero-order chi connectivity index (χ0) is 20.4. The highest BCUT2D eigenvalue weighted by Gasteiger charge is 2.36. The van der Waals surface area contributed by atoms with Crippen molar-refractivity contribution in [2.45, 2.75) is 32.2 Å². The van der Waals surface area contributed by atoms with Crippen molar-refractivity contribution in [1.29, 1.82) is 0 Å². The van der Waals surface area contributed by atoms with Gasteiger partial charge in [-0.3, -0.25) is 9.59 Å². The van der Waals surface area contributed by atoms with Crippen LogP contribution in [0.3, 0.4) is 0 Å². The average molecular weight is 396 g/mol. The van der Waals surface area contributed by atoms with Gasteiger partial charge in [-0.15, -0.1) is 0 Å². The summed E-state index contributed by atoms with van der Waals surface area (Å²) in [5.41, 5.74) is 2.30. The van der Waals surface area contributed by atoms with Gasteiger partial charge in [0.05, 0.1) is 0 Å². The first-order valence-electron chi connectivity index (χ1n) is 10.3. The summed E-state index contributed by atoms with van der Waals surface area (Å²) in [5.74, 6) is 0.403. The summed E-state index contributed by atoms with van der Waals surface area (Å²) in [6, 6.07) is 9.16. The Kier molecular flexibility index (Phi) is 5.67. The summed E-state index contributed by atoms with van der Waals surface area (Å²) in [5, 5.41) is 4.01. The van der Waals surface area contributed by atoms with Crippen molar-refractivity contribution in [3.05, 3.63) is 41.6 Å². The normalized spacial score (nSPS) is 20.7. The summed E-state index contributed by atoms with van der Waals surface area (Å²) in [6.07, 6.45) is 2.57. The summed E-state index contributed by atoms with van der Waals surface area (Å²) in [6.45, 7) is 5.78. The van der Waals surface area contributed by atoms with E-state index in [1.807, 2.05) is 36.1 Å². The number of nitrogens with zero attached hydrogens (tertiary/aromatic N) is 4. The largest absolute Gasteiger partial charge is 0.355 e. The molecule has 2 aliphatic rings. The molecule has 4 rings (SSSR count). The average Bonchev–Trinajstić information content (AvgIpc) is 3.24. The maximum Gasteiger partial charge on any atom is 0.276 e. The van der Waals surface area contributed by atoms with Crippen molar-refractivity contribution in [2.75, 3.05) is 39.8 Å². The number of benzene rings is 1. The monoisotopic (exact) mass is 396 g/mol. The van der Waals surface area contributed by atoms with Gasteiger partial charge in [-0.2, -0.15) is 0 Å². The van der Waals surface area contributed by atoms with E-state index in [9.17, 15) is 9.59 Å². The number of aromatic nitrogens is 1. The maximum atomic E-state index is 13.2. The molecule has 0 saturated carbocycles. The van der Waals surface area contributed by atoms with Crippen LogP contribution in [0.1, 0.15) is 35.3 Å². The van der Waals surface area contributed by atoms with E-state index in [-0.39, 0.29) is 17.5 Å². The lowest BCUT2D eigenvalue weighted by Gasteiger charge is -2.39. The van der Waals surface area contributed by atoms with Crippen molar-refractivity contribution in [3.8, 4) is 11.3 Å². The fraction of sp³-hybridized carbons (Fsp3) is 0.500. The minimum absolute atomic E-state index is 0.0633. The molecular formula is C22H28N4O3. The summed E-state index contributed by atoms with van der Waals surface area (Å²) >= 11 is 0. The first kappa shape index (κ1) is 19.6. The molecule has 0 aliphatic carbocycles. The molecule has 0 bridgehead atoms. The SMILES string of the molecule is Cc1ccc(-c2cc(C(=O)N3CCCC[C@H]3C(=O)N3CCN(C)CC3)no2)cc1. The molecule has 7 nitrogen and oxygen atoms in total. The Morgan fingerprint density at radius 2 is 1.76 bits per heavy atom. The molecule has 2 amide bonds. The standard InChI is InChI=1S/C22H28N4O3/c1-16-6-8-17(9-7-16)20-15-18(23-29-20)21(27)26-10-4-3-5-19(26)22(28)25-13-11-24(2)12-14-25/h6-9,15,19H,3-5,10-14H2,1-2H3/t19-/m0/s1. The summed E-state index contributed by atoms with van der Waals surface area (Å²) < 4.78 is 5.43. The Morgan fingerprint density at radius 3 is 2.48 bits per heavy atom. The van der Waals surface area contributed by atoms with Gasteiger partial charge in [0.1, 0.15) is 6.04 Å². The molecule has 0 radical (unpaired) electrons. The van der Waals surface area contributed by atoms with E-state index in [1.165, 1.54) is 0 Å². The van der Waals surface area contributed by atoms with Crippen LogP contribution in [0, 0.1) is 6.92 Å². The van der Waals surface area contributed by atoms with E-state index >= 15 is 0 Å². The Labute approximate surface area is 171 Å². The topological polar surface area (TPSA) is 69.9 Å². The molecule has 154 valence electrons. The smallest absolute Gasteiger partial charge is 0.276 e. The van der Waals surface area contributed by atoms with Gasteiger partial charge in [-0.25, -0.2) is 0 Å². The van der Waals surface area contributed by atoms with Crippen LogP contribution < -0.4 is 0 Å². The van der Waals surface area contributed by atoms with Crippen molar-refractivity contribution < 1.29 is 14.1 Å². The van der Waals surface area contributed by atoms with Gasteiger partial charge >= 0.3 is 0 Å². The summed E-state index contributed by atoms with van der Waals surface area (Å²) in [4.78, 5) is 32.1. The van der Waals surface area contributed by atoms with Gasteiger partial charge < -0.3 is 19.2 Å². The molecule has 1 aromatic heterocycles. The summed E-state index contributed by atoms with van der Waals surface area (Å²) in [7, 11) is 2.06. The van der Waals surface area contributed by atoms with Crippen LogP contribution in [0.15, 0.2) is 34.9 Å². The number of hydrogen-bond donors (Lipinski definition) is 0. The molecule has 2 saturated heterocycles. The Morgan fingerprint density at radius 1 is 1.03 bits per heavy atom. The third kappa shape index (κ3) is 4.19. The predicted molar refractivity (Wildman–Crippen MR) is 109 cm³/mol. The lowest BCUT2D eigenvalue weighted by molar-refractivity contribution is -0.138. The van der Waals surface area contributed by atoms with Gasteiger partial charge in [-0.05, 0) is 33.2 Å². The van der Waals surface area contributed by atoms with Gasteiger partial charge in [0, 0.05) is 44.4 Å². The van der Waals surface area contributed by atoms with Gasteiger partial charge in [-0.1, -0.05) is 35.0 Å². The van der Waals surface area contributed by atoms with Crippen LogP contribution in [0.25, 0.3) is 11.3 Å². The fourth-order valence-corrected chi connectivity index (χ4v) is 4.05. The Hall–Kier alpha value is -2.67. The minimum Gasteiger partial charge on any atom is -0.355 e.